The summed E-state index contributed by atoms with van der Waals surface area (Å²) in [6, 6.07) is 10.8. The Hall–Kier alpha value is -2.95. The number of hydrogen-bond acceptors (Lipinski definition) is 3. The van der Waals surface area contributed by atoms with Crippen molar-refractivity contribution in [1.29, 1.82) is 0 Å². The topological polar surface area (TPSA) is 72.2 Å². The number of aromatic nitrogens is 2. The average molecular weight is 280 g/mol. The Morgan fingerprint density at radius 2 is 1.95 bits per heavy atom. The maximum absolute atomic E-state index is 11.3. The summed E-state index contributed by atoms with van der Waals surface area (Å²) in [5, 5.41) is 10.8. The zero-order valence-electron chi connectivity index (χ0n) is 11.1. The van der Waals surface area contributed by atoms with Gasteiger partial charge in [0.15, 0.2) is 6.29 Å². The summed E-state index contributed by atoms with van der Waals surface area (Å²) in [6.45, 7) is 0.529. The van der Waals surface area contributed by atoms with Gasteiger partial charge in [-0.3, -0.25) is 4.79 Å². The van der Waals surface area contributed by atoms with E-state index in [1.54, 1.807) is 35.3 Å². The summed E-state index contributed by atoms with van der Waals surface area (Å²) >= 11 is 0. The fourth-order valence-electron chi connectivity index (χ4n) is 2.41. The number of carbonyl (C=O) groups is 2. The molecule has 5 nitrogen and oxygen atoms in total. The Bertz CT molecular complexity index is 836. The van der Waals surface area contributed by atoms with Gasteiger partial charge in [0.2, 0.25) is 0 Å². The van der Waals surface area contributed by atoms with Gasteiger partial charge in [-0.2, -0.15) is 0 Å². The Balaban J connectivity index is 2.09. The van der Waals surface area contributed by atoms with E-state index < -0.39 is 5.97 Å². The fourth-order valence-corrected chi connectivity index (χ4v) is 2.41. The van der Waals surface area contributed by atoms with Crippen LogP contribution in [0.1, 0.15) is 26.4 Å². The summed E-state index contributed by atoms with van der Waals surface area (Å²) in [4.78, 5) is 25.9. The van der Waals surface area contributed by atoms with Gasteiger partial charge in [-0.25, -0.2) is 9.78 Å². The second kappa shape index (κ2) is 5.20. The molecule has 104 valence electrons. The van der Waals surface area contributed by atoms with Gasteiger partial charge in [0.05, 0.1) is 11.9 Å². The fraction of sp³-hybridized carbons (Fsp3) is 0.0625. The van der Waals surface area contributed by atoms with Crippen LogP contribution < -0.4 is 0 Å². The smallest absolute Gasteiger partial charge is 0.336 e. The number of benzene rings is 2. The highest BCUT2D eigenvalue weighted by Gasteiger charge is 2.11. The van der Waals surface area contributed by atoms with Crippen molar-refractivity contribution in [3.8, 4) is 0 Å². The van der Waals surface area contributed by atoms with Crippen LogP contribution in [0, 0.1) is 0 Å². The monoisotopic (exact) mass is 280 g/mol. The van der Waals surface area contributed by atoms with Crippen LogP contribution in [-0.2, 0) is 6.54 Å². The number of carboxylic acid groups (broad SMARTS) is 1. The molecule has 1 heterocycles. The predicted octanol–water partition coefficient (Wildman–Crippen LogP) is 2.60. The highest BCUT2D eigenvalue weighted by Crippen LogP contribution is 2.23. The molecule has 1 N–H and O–H groups in total. The highest BCUT2D eigenvalue weighted by atomic mass is 16.4. The lowest BCUT2D eigenvalue weighted by Gasteiger charge is -2.09. The van der Waals surface area contributed by atoms with Crippen molar-refractivity contribution in [3.63, 3.8) is 0 Å². The lowest BCUT2D eigenvalue weighted by molar-refractivity contribution is 0.0699. The Morgan fingerprint density at radius 1 is 1.19 bits per heavy atom. The first-order valence-electron chi connectivity index (χ1n) is 6.40. The van der Waals surface area contributed by atoms with Gasteiger partial charge >= 0.3 is 5.97 Å². The number of aromatic carboxylic acids is 1. The van der Waals surface area contributed by atoms with E-state index in [1.165, 1.54) is 0 Å². The maximum Gasteiger partial charge on any atom is 0.336 e. The number of rotatable bonds is 4. The number of imidazole rings is 1. The highest BCUT2D eigenvalue weighted by molar-refractivity contribution is 6.04. The molecule has 0 aliphatic carbocycles. The lowest BCUT2D eigenvalue weighted by Crippen LogP contribution is -2.02. The third kappa shape index (κ3) is 2.41. The van der Waals surface area contributed by atoms with Crippen molar-refractivity contribution in [2.45, 2.75) is 6.54 Å². The maximum atomic E-state index is 11.3. The Morgan fingerprint density at radius 3 is 2.62 bits per heavy atom. The molecule has 2 aromatic carbocycles. The number of aldehydes is 1. The molecule has 0 spiro atoms. The van der Waals surface area contributed by atoms with Gasteiger partial charge in [-0.1, -0.05) is 30.3 Å². The van der Waals surface area contributed by atoms with Crippen molar-refractivity contribution in [1.82, 2.24) is 9.55 Å². The van der Waals surface area contributed by atoms with E-state index >= 15 is 0 Å². The number of nitrogens with zero attached hydrogens (tertiary/aromatic N) is 2. The van der Waals surface area contributed by atoms with Crippen LogP contribution >= 0.6 is 0 Å². The zero-order valence-corrected chi connectivity index (χ0v) is 11.1. The van der Waals surface area contributed by atoms with E-state index in [0.29, 0.717) is 23.9 Å². The van der Waals surface area contributed by atoms with E-state index in [1.807, 2.05) is 18.2 Å². The molecule has 21 heavy (non-hydrogen) atoms. The third-order valence-corrected chi connectivity index (χ3v) is 3.37. The second-order valence-electron chi connectivity index (χ2n) is 4.71. The zero-order chi connectivity index (χ0) is 14.8. The van der Waals surface area contributed by atoms with Gasteiger partial charge in [0.1, 0.15) is 5.69 Å². The molecule has 5 heteroatoms. The Kier molecular flexibility index (Phi) is 3.23. The van der Waals surface area contributed by atoms with Crippen molar-refractivity contribution < 1.29 is 14.7 Å². The van der Waals surface area contributed by atoms with Crippen LogP contribution in [0.25, 0.3) is 10.8 Å². The van der Waals surface area contributed by atoms with E-state index in [9.17, 15) is 14.7 Å². The van der Waals surface area contributed by atoms with Crippen molar-refractivity contribution in [3.05, 3.63) is 65.7 Å². The number of carbonyl (C=O) groups excluding carboxylic acids is 1. The van der Waals surface area contributed by atoms with Crippen molar-refractivity contribution in [2.24, 2.45) is 0 Å². The molecule has 0 saturated carbocycles. The minimum Gasteiger partial charge on any atom is -0.478 e. The average Bonchev–Trinajstić information content (AvgIpc) is 2.95. The Labute approximate surface area is 120 Å². The molecule has 1 aromatic heterocycles. The first-order chi connectivity index (χ1) is 10.2. The summed E-state index contributed by atoms with van der Waals surface area (Å²) in [6.07, 6.45) is 3.94. The van der Waals surface area contributed by atoms with E-state index in [4.69, 9.17) is 0 Å². The van der Waals surface area contributed by atoms with E-state index in [2.05, 4.69) is 4.98 Å². The molecular weight excluding hydrogens is 268 g/mol. The van der Waals surface area contributed by atoms with Crippen LogP contribution in [0.2, 0.25) is 0 Å². The quantitative estimate of drug-likeness (QED) is 0.745. The normalized spacial score (nSPS) is 10.7. The summed E-state index contributed by atoms with van der Waals surface area (Å²) in [5.41, 5.74) is 1.64. The first-order valence-corrected chi connectivity index (χ1v) is 6.40. The lowest BCUT2D eigenvalue weighted by atomic mass is 9.99. The summed E-state index contributed by atoms with van der Waals surface area (Å²) in [5.74, 6) is -0.941. The molecule has 0 aliphatic heterocycles. The van der Waals surface area contributed by atoms with E-state index in [-0.39, 0.29) is 5.56 Å². The molecule has 0 radical (unpaired) electrons. The van der Waals surface area contributed by atoms with Crippen LogP contribution in [-0.4, -0.2) is 26.9 Å². The van der Waals surface area contributed by atoms with Crippen molar-refractivity contribution >= 4 is 23.0 Å². The van der Waals surface area contributed by atoms with Crippen LogP contribution in [0.5, 0.6) is 0 Å². The molecule has 3 rings (SSSR count). The van der Waals surface area contributed by atoms with Crippen LogP contribution in [0.4, 0.5) is 0 Å². The summed E-state index contributed by atoms with van der Waals surface area (Å²) in [7, 11) is 0. The van der Waals surface area contributed by atoms with Gasteiger partial charge in [-0.05, 0) is 22.4 Å². The summed E-state index contributed by atoms with van der Waals surface area (Å²) < 4.78 is 1.80. The second-order valence-corrected chi connectivity index (χ2v) is 4.71. The SMILES string of the molecule is O=Cc1cn(Cc2ccc(C(=O)O)c3ccccc23)cn1. The van der Waals surface area contributed by atoms with E-state index in [0.717, 1.165) is 10.9 Å². The molecule has 3 aromatic rings. The number of hydrogen-bond donors (Lipinski definition) is 1. The minimum absolute atomic E-state index is 0.286. The first kappa shape index (κ1) is 13.1. The van der Waals surface area contributed by atoms with Gasteiger partial charge in [-0.15, -0.1) is 0 Å². The van der Waals surface area contributed by atoms with Crippen LogP contribution in [0.15, 0.2) is 48.9 Å². The largest absolute Gasteiger partial charge is 0.478 e. The van der Waals surface area contributed by atoms with Gasteiger partial charge < -0.3 is 9.67 Å². The van der Waals surface area contributed by atoms with Gasteiger partial charge in [0, 0.05) is 12.7 Å². The molecular formula is C16H12N2O3. The molecule has 0 unspecified atom stereocenters. The standard InChI is InChI=1S/C16H12N2O3/c19-9-12-8-18(10-17-12)7-11-5-6-15(16(20)21)14-4-2-1-3-13(11)14/h1-6,8-10H,7H2,(H,20,21). The molecule has 0 fully saturated rings. The molecule has 0 bridgehead atoms. The molecule has 0 amide bonds. The molecule has 0 aliphatic rings. The molecule has 0 atom stereocenters. The van der Waals surface area contributed by atoms with Crippen LogP contribution in [0.3, 0.4) is 0 Å². The molecule has 0 saturated heterocycles. The van der Waals surface area contributed by atoms with Crippen molar-refractivity contribution in [2.75, 3.05) is 0 Å². The minimum atomic E-state index is -0.941. The number of carboxylic acids is 1. The van der Waals surface area contributed by atoms with Gasteiger partial charge in [0.25, 0.3) is 0 Å². The predicted molar refractivity (Wildman–Crippen MR) is 77.6 cm³/mol. The third-order valence-electron chi connectivity index (χ3n) is 3.37. The number of fused-ring (bicyclic) bond motifs is 1.